The van der Waals surface area contributed by atoms with Crippen molar-refractivity contribution in [2.75, 3.05) is 0 Å². The molecule has 0 unspecified atom stereocenters. The lowest BCUT2D eigenvalue weighted by atomic mass is 9.94. The van der Waals surface area contributed by atoms with Crippen LogP contribution in [0.4, 0.5) is 0 Å². The van der Waals surface area contributed by atoms with Crippen molar-refractivity contribution >= 4 is 26.7 Å². The molecule has 0 spiro atoms. The standard InChI is InChI=1S/C22H13Br/c23-21-11-4-3-8-17(21)16-12-13-20-15-7-2-1-6-14(15)18-9-5-10-19(16)22(18)20/h1-13H. The summed E-state index contributed by atoms with van der Waals surface area (Å²) in [6, 6.07) is 28.3. The van der Waals surface area contributed by atoms with Crippen LogP contribution in [0.15, 0.2) is 83.3 Å². The second-order valence-corrected chi connectivity index (χ2v) is 6.77. The molecular weight excluding hydrogens is 344 g/mol. The van der Waals surface area contributed by atoms with E-state index in [0.717, 1.165) is 4.47 Å². The van der Waals surface area contributed by atoms with E-state index in [9.17, 15) is 0 Å². The molecule has 0 heterocycles. The van der Waals surface area contributed by atoms with Gasteiger partial charge in [0.05, 0.1) is 0 Å². The molecule has 0 aromatic heterocycles. The molecule has 1 heteroatoms. The highest BCUT2D eigenvalue weighted by Crippen LogP contribution is 2.49. The lowest BCUT2D eigenvalue weighted by Crippen LogP contribution is -1.84. The van der Waals surface area contributed by atoms with E-state index < -0.39 is 0 Å². The van der Waals surface area contributed by atoms with Crippen LogP contribution in [0, 0.1) is 0 Å². The van der Waals surface area contributed by atoms with Crippen LogP contribution in [-0.2, 0) is 0 Å². The molecule has 0 radical (unpaired) electrons. The van der Waals surface area contributed by atoms with Gasteiger partial charge in [0.1, 0.15) is 0 Å². The van der Waals surface area contributed by atoms with E-state index in [0.29, 0.717) is 0 Å². The summed E-state index contributed by atoms with van der Waals surface area (Å²) in [5.74, 6) is 0. The average molecular weight is 357 g/mol. The fourth-order valence-electron chi connectivity index (χ4n) is 3.72. The van der Waals surface area contributed by atoms with Crippen LogP contribution in [0.25, 0.3) is 44.2 Å². The van der Waals surface area contributed by atoms with Gasteiger partial charge in [-0.3, -0.25) is 0 Å². The van der Waals surface area contributed by atoms with E-state index in [1.54, 1.807) is 0 Å². The Morgan fingerprint density at radius 3 is 1.74 bits per heavy atom. The van der Waals surface area contributed by atoms with Crippen molar-refractivity contribution in [2.45, 2.75) is 0 Å². The van der Waals surface area contributed by atoms with Crippen LogP contribution in [0.5, 0.6) is 0 Å². The van der Waals surface area contributed by atoms with Gasteiger partial charge in [-0.05, 0) is 50.2 Å². The molecule has 0 saturated heterocycles. The number of hydrogen-bond donors (Lipinski definition) is 0. The summed E-state index contributed by atoms with van der Waals surface area (Å²) < 4.78 is 1.14. The average Bonchev–Trinajstić information content (AvgIpc) is 2.93. The Hall–Kier alpha value is -2.38. The molecule has 4 aromatic carbocycles. The molecule has 1 aliphatic rings. The lowest BCUT2D eigenvalue weighted by molar-refractivity contribution is 1.61. The summed E-state index contributed by atoms with van der Waals surface area (Å²) >= 11 is 3.70. The van der Waals surface area contributed by atoms with Gasteiger partial charge in [-0.2, -0.15) is 0 Å². The Bertz CT molecular complexity index is 1050. The SMILES string of the molecule is Brc1ccccc1-c1ccc2c3c(cccc13)-c1ccccc1-2. The monoisotopic (exact) mass is 356 g/mol. The van der Waals surface area contributed by atoms with Gasteiger partial charge in [-0.15, -0.1) is 0 Å². The third-order valence-corrected chi connectivity index (χ3v) is 5.40. The number of halogens is 1. The van der Waals surface area contributed by atoms with E-state index in [2.05, 4.69) is 94.8 Å². The van der Waals surface area contributed by atoms with Crippen LogP contribution in [0.2, 0.25) is 0 Å². The fourth-order valence-corrected chi connectivity index (χ4v) is 4.22. The number of fused-ring (bicyclic) bond motifs is 3. The maximum Gasteiger partial charge on any atom is 0.0253 e. The van der Waals surface area contributed by atoms with Crippen molar-refractivity contribution in [3.8, 4) is 33.4 Å². The van der Waals surface area contributed by atoms with Gasteiger partial charge in [0, 0.05) is 4.47 Å². The minimum atomic E-state index is 1.14. The molecule has 0 saturated carbocycles. The smallest absolute Gasteiger partial charge is 0.0253 e. The molecule has 0 amide bonds. The van der Waals surface area contributed by atoms with Crippen molar-refractivity contribution in [2.24, 2.45) is 0 Å². The molecule has 0 fully saturated rings. The molecule has 0 aliphatic heterocycles. The van der Waals surface area contributed by atoms with Gasteiger partial charge in [0.15, 0.2) is 0 Å². The molecule has 0 N–H and O–H groups in total. The topological polar surface area (TPSA) is 0 Å². The summed E-state index contributed by atoms with van der Waals surface area (Å²) in [5, 5.41) is 2.70. The van der Waals surface area contributed by atoms with Crippen LogP contribution in [0.3, 0.4) is 0 Å². The molecule has 5 rings (SSSR count). The Kier molecular flexibility index (Phi) is 2.74. The van der Waals surface area contributed by atoms with Gasteiger partial charge < -0.3 is 0 Å². The third kappa shape index (κ3) is 1.77. The summed E-state index contributed by atoms with van der Waals surface area (Å²) in [4.78, 5) is 0. The summed E-state index contributed by atoms with van der Waals surface area (Å²) in [6.45, 7) is 0. The van der Waals surface area contributed by atoms with Gasteiger partial charge in [0.2, 0.25) is 0 Å². The zero-order valence-electron chi connectivity index (χ0n) is 12.4. The molecule has 4 aromatic rings. The first kappa shape index (κ1) is 13.1. The number of hydrogen-bond acceptors (Lipinski definition) is 0. The Morgan fingerprint density at radius 2 is 1.00 bits per heavy atom. The first-order valence-electron chi connectivity index (χ1n) is 7.75. The predicted molar refractivity (Wildman–Crippen MR) is 102 cm³/mol. The first-order chi connectivity index (χ1) is 11.3. The van der Waals surface area contributed by atoms with Gasteiger partial charge in [-0.25, -0.2) is 0 Å². The first-order valence-corrected chi connectivity index (χ1v) is 8.54. The molecular formula is C22H13Br. The molecule has 1 aliphatic carbocycles. The van der Waals surface area contributed by atoms with Gasteiger partial charge in [0.25, 0.3) is 0 Å². The minimum absolute atomic E-state index is 1.14. The van der Waals surface area contributed by atoms with Crippen molar-refractivity contribution in [1.82, 2.24) is 0 Å². The zero-order chi connectivity index (χ0) is 15.4. The maximum atomic E-state index is 3.70. The quantitative estimate of drug-likeness (QED) is 0.306. The number of rotatable bonds is 1. The highest BCUT2D eigenvalue weighted by molar-refractivity contribution is 9.10. The van der Waals surface area contributed by atoms with E-state index in [1.165, 1.54) is 44.2 Å². The Morgan fingerprint density at radius 1 is 0.435 bits per heavy atom. The maximum absolute atomic E-state index is 3.70. The number of benzene rings is 4. The van der Waals surface area contributed by atoms with E-state index in [-0.39, 0.29) is 0 Å². The summed E-state index contributed by atoms with van der Waals surface area (Å²) in [6.07, 6.45) is 0. The molecule has 0 bridgehead atoms. The molecule has 0 nitrogen and oxygen atoms in total. The van der Waals surface area contributed by atoms with Crippen molar-refractivity contribution in [3.63, 3.8) is 0 Å². The summed E-state index contributed by atoms with van der Waals surface area (Å²) in [5.41, 5.74) is 7.91. The Balaban J connectivity index is 1.92. The van der Waals surface area contributed by atoms with Crippen LogP contribution in [0.1, 0.15) is 0 Å². The van der Waals surface area contributed by atoms with Crippen LogP contribution in [-0.4, -0.2) is 0 Å². The third-order valence-electron chi connectivity index (χ3n) is 4.71. The highest BCUT2D eigenvalue weighted by atomic mass is 79.9. The fraction of sp³-hybridized carbons (Fsp3) is 0. The van der Waals surface area contributed by atoms with E-state index in [4.69, 9.17) is 0 Å². The Labute approximate surface area is 143 Å². The normalized spacial score (nSPS) is 11.7. The largest absolute Gasteiger partial charge is 0.0616 e. The molecule has 0 atom stereocenters. The van der Waals surface area contributed by atoms with Crippen molar-refractivity contribution in [1.29, 1.82) is 0 Å². The van der Waals surface area contributed by atoms with Gasteiger partial charge in [-0.1, -0.05) is 88.7 Å². The molecule has 108 valence electrons. The van der Waals surface area contributed by atoms with Crippen molar-refractivity contribution < 1.29 is 0 Å². The zero-order valence-corrected chi connectivity index (χ0v) is 14.0. The summed E-state index contributed by atoms with van der Waals surface area (Å²) in [7, 11) is 0. The predicted octanol–water partition coefficient (Wildman–Crippen LogP) is 6.92. The van der Waals surface area contributed by atoms with Gasteiger partial charge >= 0.3 is 0 Å². The minimum Gasteiger partial charge on any atom is -0.0616 e. The lowest BCUT2D eigenvalue weighted by Gasteiger charge is -2.11. The van der Waals surface area contributed by atoms with Crippen LogP contribution >= 0.6 is 15.9 Å². The highest BCUT2D eigenvalue weighted by Gasteiger charge is 2.22. The van der Waals surface area contributed by atoms with E-state index >= 15 is 0 Å². The second-order valence-electron chi connectivity index (χ2n) is 5.91. The van der Waals surface area contributed by atoms with Crippen LogP contribution < -0.4 is 0 Å². The van der Waals surface area contributed by atoms with E-state index in [1.807, 2.05) is 0 Å². The van der Waals surface area contributed by atoms with Crippen molar-refractivity contribution in [3.05, 3.63) is 83.3 Å². The molecule has 23 heavy (non-hydrogen) atoms. The second kappa shape index (κ2) is 4.81.